The highest BCUT2D eigenvalue weighted by Gasteiger charge is 2.26. The van der Waals surface area contributed by atoms with Crippen LogP contribution >= 0.6 is 0 Å². The lowest BCUT2D eigenvalue weighted by atomic mass is 9.89. The summed E-state index contributed by atoms with van der Waals surface area (Å²) in [6.45, 7) is 1.38. The minimum atomic E-state index is 0.588. The largest absolute Gasteiger partial charge is 0.488 e. The Morgan fingerprint density at radius 2 is 1.00 bits per heavy atom. The Hall–Kier alpha value is -7.62. The second-order valence-electron chi connectivity index (χ2n) is 15.6. The summed E-state index contributed by atoms with van der Waals surface area (Å²) in [4.78, 5) is 2.46. The Labute approximate surface area is 343 Å². The number of hydrogen-bond donors (Lipinski definition) is 0. The SMILES string of the molecule is c1ccc(-c2ccc(-c3cccc(N4Cc5ccc(-c6ccc7c(c6)c6ccccc6n7-c6cccc7c6-c6ccccc6CO7)cc5-c5ccccc54)c3)cc2)cc1. The molecule has 3 heteroatoms. The Bertz CT molecular complexity index is 3250. The van der Waals surface area contributed by atoms with Gasteiger partial charge in [-0.3, -0.25) is 0 Å². The molecule has 0 saturated carbocycles. The highest BCUT2D eigenvalue weighted by atomic mass is 16.5. The van der Waals surface area contributed by atoms with E-state index in [9.17, 15) is 0 Å². The van der Waals surface area contributed by atoms with Crippen LogP contribution in [0.2, 0.25) is 0 Å². The highest BCUT2D eigenvalue weighted by molar-refractivity contribution is 6.11. The molecule has 0 N–H and O–H groups in total. The van der Waals surface area contributed by atoms with E-state index in [1.165, 1.54) is 94.4 Å². The van der Waals surface area contributed by atoms with Crippen LogP contribution in [0, 0.1) is 0 Å². The lowest BCUT2D eigenvalue weighted by Crippen LogP contribution is -2.21. The maximum Gasteiger partial charge on any atom is 0.129 e. The summed E-state index contributed by atoms with van der Waals surface area (Å²) in [5, 5.41) is 2.47. The summed E-state index contributed by atoms with van der Waals surface area (Å²) in [6.07, 6.45) is 0. The van der Waals surface area contributed by atoms with Gasteiger partial charge in [-0.2, -0.15) is 0 Å². The molecule has 0 bridgehead atoms. The molecule has 0 radical (unpaired) electrons. The van der Waals surface area contributed by atoms with E-state index in [-0.39, 0.29) is 0 Å². The molecule has 0 spiro atoms. The van der Waals surface area contributed by atoms with Gasteiger partial charge in [0, 0.05) is 39.8 Å². The van der Waals surface area contributed by atoms with E-state index in [4.69, 9.17) is 4.74 Å². The molecular formula is C56H38N2O. The van der Waals surface area contributed by atoms with Crippen LogP contribution in [0.1, 0.15) is 11.1 Å². The van der Waals surface area contributed by atoms with Crippen molar-refractivity contribution in [1.82, 2.24) is 4.57 Å². The van der Waals surface area contributed by atoms with Crippen LogP contribution < -0.4 is 9.64 Å². The first kappa shape index (κ1) is 33.5. The molecule has 3 nitrogen and oxygen atoms in total. The van der Waals surface area contributed by atoms with Crippen LogP contribution in [0.3, 0.4) is 0 Å². The van der Waals surface area contributed by atoms with Crippen LogP contribution in [0.15, 0.2) is 206 Å². The number of anilines is 2. The minimum absolute atomic E-state index is 0.588. The lowest BCUT2D eigenvalue weighted by Gasteiger charge is -2.33. The number of ether oxygens (including phenoxy) is 1. The van der Waals surface area contributed by atoms with Crippen molar-refractivity contribution in [2.75, 3.05) is 4.90 Å². The number of hydrogen-bond acceptors (Lipinski definition) is 2. The van der Waals surface area contributed by atoms with Gasteiger partial charge in [0.2, 0.25) is 0 Å². The fourth-order valence-corrected chi connectivity index (χ4v) is 9.46. The van der Waals surface area contributed by atoms with Crippen molar-refractivity contribution in [3.8, 4) is 67.1 Å². The average molecular weight is 755 g/mol. The van der Waals surface area contributed by atoms with Crippen LogP contribution in [-0.4, -0.2) is 4.57 Å². The van der Waals surface area contributed by atoms with Gasteiger partial charge in [-0.05, 0) is 110 Å². The predicted octanol–water partition coefficient (Wildman–Crippen LogP) is 14.7. The van der Waals surface area contributed by atoms with E-state index in [1.807, 2.05) is 0 Å². The first-order valence-electron chi connectivity index (χ1n) is 20.4. The van der Waals surface area contributed by atoms with Gasteiger partial charge in [0.1, 0.15) is 12.4 Å². The number of aromatic nitrogens is 1. The lowest BCUT2D eigenvalue weighted by molar-refractivity contribution is 0.302. The molecule has 1 aromatic heterocycles. The average Bonchev–Trinajstić information content (AvgIpc) is 3.65. The van der Waals surface area contributed by atoms with Crippen molar-refractivity contribution in [2.24, 2.45) is 0 Å². The Kier molecular flexibility index (Phi) is 7.67. The Balaban J connectivity index is 0.915. The molecule has 2 aliphatic rings. The van der Waals surface area contributed by atoms with Crippen LogP contribution in [0.4, 0.5) is 11.4 Å². The smallest absolute Gasteiger partial charge is 0.129 e. The molecule has 0 aliphatic carbocycles. The quantitative estimate of drug-likeness (QED) is 0.174. The van der Waals surface area contributed by atoms with Gasteiger partial charge in [0.05, 0.1) is 16.7 Å². The zero-order valence-electron chi connectivity index (χ0n) is 32.3. The number of nitrogens with zero attached hydrogens (tertiary/aromatic N) is 2. The standard InChI is InChI=1S/C56H38N2O/c1-2-12-37(13-3-1)38-24-26-39(27-25-38)40-15-10-16-45(32-40)57-35-43-29-28-41(33-49(43)47-18-6-8-20-51(47)57)42-30-31-53-50(34-42)48-19-7-9-21-52(48)58(53)54-22-11-23-55-56(54)46-17-5-4-14-44(46)36-59-55/h1-34H,35-36H2. The number of rotatable bonds is 5. The van der Waals surface area contributed by atoms with Crippen molar-refractivity contribution in [1.29, 1.82) is 0 Å². The van der Waals surface area contributed by atoms with Gasteiger partial charge < -0.3 is 14.2 Å². The van der Waals surface area contributed by atoms with Crippen molar-refractivity contribution in [2.45, 2.75) is 13.2 Å². The molecule has 12 rings (SSSR count). The summed E-state index contributed by atoms with van der Waals surface area (Å²) in [5.41, 5.74) is 20.7. The Morgan fingerprint density at radius 3 is 1.90 bits per heavy atom. The Morgan fingerprint density at radius 1 is 0.373 bits per heavy atom. The van der Waals surface area contributed by atoms with Crippen LogP contribution in [-0.2, 0) is 13.2 Å². The first-order chi connectivity index (χ1) is 29.2. The molecular weight excluding hydrogens is 717 g/mol. The molecule has 9 aromatic carbocycles. The van der Waals surface area contributed by atoms with Gasteiger partial charge in [0.25, 0.3) is 0 Å². The molecule has 0 amide bonds. The monoisotopic (exact) mass is 754 g/mol. The normalized spacial score (nSPS) is 12.7. The number of fused-ring (bicyclic) bond motifs is 9. The summed E-state index contributed by atoms with van der Waals surface area (Å²) in [7, 11) is 0. The summed E-state index contributed by atoms with van der Waals surface area (Å²) in [6, 6.07) is 75.2. The highest BCUT2D eigenvalue weighted by Crippen LogP contribution is 2.47. The maximum atomic E-state index is 6.32. The molecule has 59 heavy (non-hydrogen) atoms. The zero-order chi connectivity index (χ0) is 38.9. The van der Waals surface area contributed by atoms with Crippen molar-refractivity contribution in [3.63, 3.8) is 0 Å². The molecule has 0 unspecified atom stereocenters. The molecule has 0 fully saturated rings. The van der Waals surface area contributed by atoms with Gasteiger partial charge >= 0.3 is 0 Å². The van der Waals surface area contributed by atoms with Crippen molar-refractivity contribution in [3.05, 3.63) is 217 Å². The second-order valence-corrected chi connectivity index (χ2v) is 15.6. The number of benzene rings is 9. The van der Waals surface area contributed by atoms with Gasteiger partial charge in [0.15, 0.2) is 0 Å². The van der Waals surface area contributed by atoms with E-state index < -0.39 is 0 Å². The van der Waals surface area contributed by atoms with E-state index in [0.717, 1.165) is 23.5 Å². The van der Waals surface area contributed by atoms with E-state index in [0.29, 0.717) is 6.61 Å². The van der Waals surface area contributed by atoms with Crippen molar-refractivity contribution >= 4 is 33.2 Å². The van der Waals surface area contributed by atoms with Gasteiger partial charge in [-0.15, -0.1) is 0 Å². The summed E-state index contributed by atoms with van der Waals surface area (Å²) in [5.74, 6) is 0.929. The van der Waals surface area contributed by atoms with Gasteiger partial charge in [-0.1, -0.05) is 152 Å². The molecule has 10 aromatic rings. The zero-order valence-corrected chi connectivity index (χ0v) is 32.3. The number of para-hydroxylation sites is 2. The first-order valence-corrected chi connectivity index (χ1v) is 20.4. The van der Waals surface area contributed by atoms with E-state index >= 15 is 0 Å². The third-order valence-electron chi connectivity index (χ3n) is 12.3. The molecule has 2 aliphatic heterocycles. The van der Waals surface area contributed by atoms with Crippen LogP contribution in [0.5, 0.6) is 5.75 Å². The molecule has 0 saturated heterocycles. The summed E-state index contributed by atoms with van der Waals surface area (Å²) >= 11 is 0. The third-order valence-corrected chi connectivity index (χ3v) is 12.3. The second kappa shape index (κ2) is 13.5. The van der Waals surface area contributed by atoms with E-state index in [2.05, 4.69) is 216 Å². The van der Waals surface area contributed by atoms with Crippen LogP contribution in [0.25, 0.3) is 83.1 Å². The fraction of sp³-hybridized carbons (Fsp3) is 0.0357. The molecule has 3 heterocycles. The summed E-state index contributed by atoms with van der Waals surface area (Å²) < 4.78 is 8.74. The molecule has 278 valence electrons. The minimum Gasteiger partial charge on any atom is -0.488 e. The fourth-order valence-electron chi connectivity index (χ4n) is 9.46. The maximum absolute atomic E-state index is 6.32. The predicted molar refractivity (Wildman–Crippen MR) is 245 cm³/mol. The third kappa shape index (κ3) is 5.50. The topological polar surface area (TPSA) is 17.4 Å². The van der Waals surface area contributed by atoms with Crippen molar-refractivity contribution < 1.29 is 4.74 Å². The van der Waals surface area contributed by atoms with E-state index in [1.54, 1.807) is 0 Å². The van der Waals surface area contributed by atoms with Gasteiger partial charge in [-0.25, -0.2) is 0 Å². The molecule has 0 atom stereocenters.